The summed E-state index contributed by atoms with van der Waals surface area (Å²) in [5.74, 6) is 0. The summed E-state index contributed by atoms with van der Waals surface area (Å²) >= 11 is 0. The topological polar surface area (TPSA) is 63.4 Å². The lowest BCUT2D eigenvalue weighted by Gasteiger charge is -2.16. The SMILES string of the molecule is C=C[C@](C)(CO)C[N+](=O)[O-]. The van der Waals surface area contributed by atoms with Crippen molar-refractivity contribution >= 4 is 0 Å². The maximum absolute atomic E-state index is 9.98. The van der Waals surface area contributed by atoms with Crippen LogP contribution in [0.4, 0.5) is 0 Å². The van der Waals surface area contributed by atoms with E-state index in [9.17, 15) is 10.1 Å². The van der Waals surface area contributed by atoms with Gasteiger partial charge in [-0.3, -0.25) is 10.1 Å². The van der Waals surface area contributed by atoms with E-state index in [1.54, 1.807) is 6.92 Å². The number of aliphatic hydroxyl groups excluding tert-OH is 1. The molecule has 0 heterocycles. The molecule has 0 aromatic heterocycles. The second-order valence-electron chi connectivity index (χ2n) is 2.51. The molecule has 0 radical (unpaired) electrons. The summed E-state index contributed by atoms with van der Waals surface area (Å²) in [5.41, 5.74) is -0.774. The quantitative estimate of drug-likeness (QED) is 0.355. The molecule has 0 fully saturated rings. The van der Waals surface area contributed by atoms with Crippen molar-refractivity contribution in [3.63, 3.8) is 0 Å². The Morgan fingerprint density at radius 3 is 2.50 bits per heavy atom. The number of nitrogens with zero attached hydrogens (tertiary/aromatic N) is 1. The highest BCUT2D eigenvalue weighted by Gasteiger charge is 2.25. The highest BCUT2D eigenvalue weighted by molar-refractivity contribution is 4.90. The third-order valence-corrected chi connectivity index (χ3v) is 1.34. The third-order valence-electron chi connectivity index (χ3n) is 1.34. The first kappa shape index (κ1) is 9.10. The number of hydrogen-bond donors (Lipinski definition) is 1. The van der Waals surface area contributed by atoms with Gasteiger partial charge in [0, 0.05) is 4.92 Å². The van der Waals surface area contributed by atoms with E-state index >= 15 is 0 Å². The van der Waals surface area contributed by atoms with Gasteiger partial charge in [-0.1, -0.05) is 6.08 Å². The summed E-state index contributed by atoms with van der Waals surface area (Å²) in [6, 6.07) is 0. The molecule has 4 heteroatoms. The predicted molar refractivity (Wildman–Crippen MR) is 37.3 cm³/mol. The van der Waals surface area contributed by atoms with Crippen LogP contribution in [0.3, 0.4) is 0 Å². The summed E-state index contributed by atoms with van der Waals surface area (Å²) < 4.78 is 0. The number of hydrogen-bond acceptors (Lipinski definition) is 3. The van der Waals surface area contributed by atoms with Crippen LogP contribution in [0.15, 0.2) is 12.7 Å². The fourth-order valence-electron chi connectivity index (χ4n) is 0.474. The summed E-state index contributed by atoms with van der Waals surface area (Å²) in [7, 11) is 0. The van der Waals surface area contributed by atoms with Gasteiger partial charge in [-0.05, 0) is 6.92 Å². The van der Waals surface area contributed by atoms with Gasteiger partial charge in [0.25, 0.3) is 0 Å². The fourth-order valence-corrected chi connectivity index (χ4v) is 0.474. The summed E-state index contributed by atoms with van der Waals surface area (Å²) in [4.78, 5) is 9.52. The zero-order valence-corrected chi connectivity index (χ0v) is 5.91. The Bertz CT molecular complexity index is 146. The minimum atomic E-state index is -0.774. The third kappa shape index (κ3) is 2.59. The fraction of sp³-hybridized carbons (Fsp3) is 0.667. The molecule has 0 aromatic carbocycles. The Morgan fingerprint density at radius 1 is 1.90 bits per heavy atom. The Morgan fingerprint density at radius 2 is 2.40 bits per heavy atom. The minimum Gasteiger partial charge on any atom is -0.395 e. The molecule has 0 spiro atoms. The van der Waals surface area contributed by atoms with Crippen LogP contribution in [-0.2, 0) is 0 Å². The highest BCUT2D eigenvalue weighted by atomic mass is 16.6. The molecule has 0 aliphatic rings. The normalized spacial score (nSPS) is 15.8. The highest BCUT2D eigenvalue weighted by Crippen LogP contribution is 2.15. The molecule has 4 nitrogen and oxygen atoms in total. The van der Waals surface area contributed by atoms with E-state index in [4.69, 9.17) is 5.11 Å². The number of rotatable bonds is 4. The lowest BCUT2D eigenvalue weighted by molar-refractivity contribution is -0.494. The molecular weight excluding hydrogens is 134 g/mol. The largest absolute Gasteiger partial charge is 0.395 e. The molecule has 0 aliphatic carbocycles. The van der Waals surface area contributed by atoms with Crippen LogP contribution >= 0.6 is 0 Å². The van der Waals surface area contributed by atoms with E-state index in [1.165, 1.54) is 6.08 Å². The van der Waals surface area contributed by atoms with Crippen LogP contribution in [0.2, 0.25) is 0 Å². The molecule has 0 aromatic rings. The van der Waals surface area contributed by atoms with Crippen molar-refractivity contribution in [1.82, 2.24) is 0 Å². The first-order valence-electron chi connectivity index (χ1n) is 2.90. The van der Waals surface area contributed by atoms with E-state index in [0.717, 1.165) is 0 Å². The second kappa shape index (κ2) is 3.31. The van der Waals surface area contributed by atoms with Crippen LogP contribution < -0.4 is 0 Å². The van der Waals surface area contributed by atoms with Gasteiger partial charge in [-0.2, -0.15) is 0 Å². The number of aliphatic hydroxyl groups is 1. The molecule has 10 heavy (non-hydrogen) atoms. The van der Waals surface area contributed by atoms with E-state index in [-0.39, 0.29) is 13.2 Å². The molecule has 0 saturated heterocycles. The molecular formula is C6H11NO3. The van der Waals surface area contributed by atoms with Crippen molar-refractivity contribution in [2.24, 2.45) is 5.41 Å². The molecule has 58 valence electrons. The lowest BCUT2D eigenvalue weighted by Crippen LogP contribution is -2.27. The zero-order valence-electron chi connectivity index (χ0n) is 5.91. The summed E-state index contributed by atoms with van der Waals surface area (Å²) in [6.45, 7) is 4.47. The average molecular weight is 145 g/mol. The first-order valence-corrected chi connectivity index (χ1v) is 2.90. The van der Waals surface area contributed by atoms with Gasteiger partial charge in [0.1, 0.15) is 0 Å². The van der Waals surface area contributed by atoms with Crippen LogP contribution in [0.5, 0.6) is 0 Å². The molecule has 0 unspecified atom stereocenters. The van der Waals surface area contributed by atoms with E-state index < -0.39 is 10.3 Å². The van der Waals surface area contributed by atoms with Crippen LogP contribution in [0, 0.1) is 15.5 Å². The summed E-state index contributed by atoms with van der Waals surface area (Å²) in [5, 5.41) is 18.6. The predicted octanol–water partition coefficient (Wildman–Crippen LogP) is 0.448. The van der Waals surface area contributed by atoms with Gasteiger partial charge in [-0.15, -0.1) is 6.58 Å². The molecule has 0 rings (SSSR count). The average Bonchev–Trinajstić information content (AvgIpc) is 1.87. The van der Waals surface area contributed by atoms with Crippen molar-refractivity contribution in [3.8, 4) is 0 Å². The Hall–Kier alpha value is -0.900. The van der Waals surface area contributed by atoms with Crippen LogP contribution in [-0.4, -0.2) is 23.2 Å². The van der Waals surface area contributed by atoms with E-state index in [0.29, 0.717) is 0 Å². The maximum atomic E-state index is 9.98. The van der Waals surface area contributed by atoms with Gasteiger partial charge in [0.2, 0.25) is 6.54 Å². The van der Waals surface area contributed by atoms with Crippen molar-refractivity contribution in [2.45, 2.75) is 6.92 Å². The number of nitro groups is 1. The zero-order chi connectivity index (χ0) is 8.20. The maximum Gasteiger partial charge on any atom is 0.214 e. The Labute approximate surface area is 59.3 Å². The van der Waals surface area contributed by atoms with Gasteiger partial charge < -0.3 is 5.11 Å². The monoisotopic (exact) mass is 145 g/mol. The summed E-state index contributed by atoms with van der Waals surface area (Å²) in [6.07, 6.45) is 1.40. The first-order chi connectivity index (χ1) is 4.54. The Balaban J connectivity index is 4.05. The van der Waals surface area contributed by atoms with Gasteiger partial charge in [0.15, 0.2) is 0 Å². The molecule has 0 aliphatic heterocycles. The van der Waals surface area contributed by atoms with Crippen molar-refractivity contribution in [3.05, 3.63) is 22.8 Å². The van der Waals surface area contributed by atoms with Crippen molar-refractivity contribution in [1.29, 1.82) is 0 Å². The molecule has 0 bridgehead atoms. The van der Waals surface area contributed by atoms with Gasteiger partial charge >= 0.3 is 0 Å². The molecule has 0 saturated carbocycles. The Kier molecular flexibility index (Phi) is 3.02. The van der Waals surface area contributed by atoms with Crippen LogP contribution in [0.25, 0.3) is 0 Å². The molecule has 0 amide bonds. The van der Waals surface area contributed by atoms with Crippen molar-refractivity contribution < 1.29 is 10.0 Å². The molecule has 1 N–H and O–H groups in total. The minimum absolute atomic E-state index is 0.239. The molecule has 1 atom stereocenters. The van der Waals surface area contributed by atoms with Gasteiger partial charge in [-0.25, -0.2) is 0 Å². The van der Waals surface area contributed by atoms with Gasteiger partial charge in [0.05, 0.1) is 12.0 Å². The second-order valence-corrected chi connectivity index (χ2v) is 2.51. The van der Waals surface area contributed by atoms with Crippen LogP contribution in [0.1, 0.15) is 6.92 Å². The smallest absolute Gasteiger partial charge is 0.214 e. The standard InChI is InChI=1S/C6H11NO3/c1-3-6(2,5-8)4-7(9)10/h3,8H,1,4-5H2,2H3/t6-/m0/s1. The van der Waals surface area contributed by atoms with Crippen molar-refractivity contribution in [2.75, 3.05) is 13.2 Å². The van der Waals surface area contributed by atoms with E-state index in [1.807, 2.05) is 0 Å². The lowest BCUT2D eigenvalue weighted by atomic mass is 9.92. The van der Waals surface area contributed by atoms with E-state index in [2.05, 4.69) is 6.58 Å².